The van der Waals surface area contributed by atoms with Gasteiger partial charge in [-0.05, 0) is 31.4 Å². The van der Waals surface area contributed by atoms with Crippen LogP contribution >= 0.6 is 0 Å². The van der Waals surface area contributed by atoms with E-state index in [4.69, 9.17) is 0 Å². The van der Waals surface area contributed by atoms with Crippen LogP contribution in [0.25, 0.3) is 0 Å². The highest BCUT2D eigenvalue weighted by molar-refractivity contribution is 7.89. The summed E-state index contributed by atoms with van der Waals surface area (Å²) in [5, 5.41) is 9.88. The van der Waals surface area contributed by atoms with Gasteiger partial charge >= 0.3 is 0 Å². The first kappa shape index (κ1) is 16.9. The topological polar surface area (TPSA) is 66.4 Å². The number of rotatable bonds is 7. The van der Waals surface area contributed by atoms with E-state index in [-0.39, 0.29) is 10.8 Å². The summed E-state index contributed by atoms with van der Waals surface area (Å²) in [5.41, 5.74) is 0.994. The molecule has 1 aromatic rings. The van der Waals surface area contributed by atoms with Gasteiger partial charge in [-0.2, -0.15) is 0 Å². The molecule has 0 radical (unpaired) electrons. The average molecular weight is 297 g/mol. The van der Waals surface area contributed by atoms with Crippen LogP contribution in [-0.4, -0.2) is 25.7 Å². The molecule has 5 heteroatoms. The summed E-state index contributed by atoms with van der Waals surface area (Å²) in [6, 6.07) is 6.04. The number of aliphatic hydroxyl groups is 1. The molecule has 0 unspecified atom stereocenters. The second kappa shape index (κ2) is 7.02. The van der Waals surface area contributed by atoms with Gasteiger partial charge in [0.05, 0.1) is 17.0 Å². The van der Waals surface area contributed by atoms with E-state index in [0.717, 1.165) is 5.56 Å². The Balaban J connectivity index is 2.96. The predicted octanol–water partition coefficient (Wildman–Crippen LogP) is 2.23. The van der Waals surface area contributed by atoms with Crippen LogP contribution in [0.3, 0.4) is 0 Å². The summed E-state index contributed by atoms with van der Waals surface area (Å²) in [7, 11) is -3.63. The molecule has 0 saturated heterocycles. The number of aliphatic hydroxyl groups excluding tert-OH is 1. The minimum absolute atomic E-state index is 0.202. The van der Waals surface area contributed by atoms with Gasteiger partial charge in [0.1, 0.15) is 0 Å². The summed E-state index contributed by atoms with van der Waals surface area (Å²) in [4.78, 5) is 0.202. The van der Waals surface area contributed by atoms with Crippen molar-refractivity contribution >= 4 is 10.0 Å². The van der Waals surface area contributed by atoms with Crippen molar-refractivity contribution in [3.05, 3.63) is 42.5 Å². The lowest BCUT2D eigenvalue weighted by Gasteiger charge is -2.23. The monoisotopic (exact) mass is 297 g/mol. The van der Waals surface area contributed by atoms with Crippen LogP contribution in [0.15, 0.2) is 41.8 Å². The lowest BCUT2D eigenvalue weighted by molar-refractivity contribution is 0.170. The third-order valence-corrected chi connectivity index (χ3v) is 4.52. The molecule has 0 aliphatic rings. The van der Waals surface area contributed by atoms with E-state index in [1.807, 2.05) is 20.8 Å². The van der Waals surface area contributed by atoms with E-state index in [2.05, 4.69) is 11.3 Å². The van der Waals surface area contributed by atoms with E-state index in [1.54, 1.807) is 24.3 Å². The van der Waals surface area contributed by atoms with Crippen molar-refractivity contribution < 1.29 is 13.5 Å². The molecule has 4 nitrogen and oxygen atoms in total. The number of benzene rings is 1. The minimum atomic E-state index is -3.63. The Morgan fingerprint density at radius 3 is 2.30 bits per heavy atom. The lowest BCUT2D eigenvalue weighted by atomic mass is 10.0. The maximum absolute atomic E-state index is 12.3. The molecule has 20 heavy (non-hydrogen) atoms. The van der Waals surface area contributed by atoms with Crippen molar-refractivity contribution in [2.75, 3.05) is 0 Å². The van der Waals surface area contributed by atoms with Gasteiger partial charge in [0, 0.05) is 0 Å². The summed E-state index contributed by atoms with van der Waals surface area (Å²) in [6.45, 7) is 9.36. The van der Waals surface area contributed by atoms with Crippen molar-refractivity contribution in [1.82, 2.24) is 4.72 Å². The fourth-order valence-corrected chi connectivity index (χ4v) is 3.18. The third-order valence-electron chi connectivity index (χ3n) is 3.02. The van der Waals surface area contributed by atoms with E-state index >= 15 is 0 Å². The Kier molecular flexibility index (Phi) is 5.92. The number of hydrogen-bond acceptors (Lipinski definition) is 3. The summed E-state index contributed by atoms with van der Waals surface area (Å²) in [6.07, 6.45) is 0.987. The molecule has 112 valence electrons. The molecule has 0 saturated carbocycles. The highest BCUT2D eigenvalue weighted by atomic mass is 32.2. The molecule has 1 aromatic carbocycles. The van der Waals surface area contributed by atoms with Crippen LogP contribution in [0.1, 0.15) is 25.8 Å². The number of aryl methyl sites for hydroxylation is 1. The zero-order valence-electron chi connectivity index (χ0n) is 12.2. The van der Waals surface area contributed by atoms with Crippen LogP contribution in [0.5, 0.6) is 0 Å². The Bertz CT molecular complexity index is 535. The zero-order valence-corrected chi connectivity index (χ0v) is 13.0. The first-order chi connectivity index (χ1) is 9.26. The molecule has 0 fully saturated rings. The maximum Gasteiger partial charge on any atom is 0.240 e. The molecule has 0 amide bonds. The normalized spacial score (nSPS) is 15.1. The highest BCUT2D eigenvalue weighted by Gasteiger charge is 2.24. The highest BCUT2D eigenvalue weighted by Crippen LogP contribution is 2.15. The van der Waals surface area contributed by atoms with Gasteiger partial charge in [-0.15, -0.1) is 6.58 Å². The molecular formula is C15H23NO3S. The van der Waals surface area contributed by atoms with Gasteiger partial charge in [-0.3, -0.25) is 0 Å². The van der Waals surface area contributed by atoms with E-state index in [1.165, 1.54) is 6.08 Å². The van der Waals surface area contributed by atoms with Gasteiger partial charge in [-0.25, -0.2) is 13.1 Å². The molecule has 0 heterocycles. The largest absolute Gasteiger partial charge is 0.387 e. The molecule has 0 bridgehead atoms. The van der Waals surface area contributed by atoms with Crippen LogP contribution < -0.4 is 4.72 Å². The zero-order chi connectivity index (χ0) is 15.3. The fourth-order valence-electron chi connectivity index (χ4n) is 1.91. The fraction of sp³-hybridized carbons (Fsp3) is 0.467. The second-order valence-electron chi connectivity index (χ2n) is 5.40. The lowest BCUT2D eigenvalue weighted by Crippen LogP contribution is -2.43. The average Bonchev–Trinajstić information content (AvgIpc) is 2.36. The third kappa shape index (κ3) is 4.74. The molecule has 0 aromatic heterocycles. The Morgan fingerprint density at radius 1 is 1.30 bits per heavy atom. The van der Waals surface area contributed by atoms with Gasteiger partial charge in [0.2, 0.25) is 10.0 Å². The number of hydrogen-bond donors (Lipinski definition) is 2. The molecule has 0 spiro atoms. The van der Waals surface area contributed by atoms with Crippen molar-refractivity contribution in [3.63, 3.8) is 0 Å². The summed E-state index contributed by atoms with van der Waals surface area (Å²) in [5.74, 6) is 0.260. The predicted molar refractivity (Wildman–Crippen MR) is 80.9 cm³/mol. The van der Waals surface area contributed by atoms with Crippen molar-refractivity contribution in [3.8, 4) is 0 Å². The molecule has 1 rings (SSSR count). The van der Waals surface area contributed by atoms with Gasteiger partial charge < -0.3 is 5.11 Å². The quantitative estimate of drug-likeness (QED) is 0.759. The van der Waals surface area contributed by atoms with Gasteiger partial charge in [0.25, 0.3) is 0 Å². The molecule has 2 atom stereocenters. The van der Waals surface area contributed by atoms with Crippen LogP contribution in [0.4, 0.5) is 0 Å². The Morgan fingerprint density at radius 2 is 1.85 bits per heavy atom. The minimum Gasteiger partial charge on any atom is -0.387 e. The first-order valence-corrected chi connectivity index (χ1v) is 8.14. The van der Waals surface area contributed by atoms with E-state index in [0.29, 0.717) is 6.42 Å². The number of sulfonamides is 1. The Labute approximate surface area is 121 Å². The van der Waals surface area contributed by atoms with Gasteiger partial charge in [-0.1, -0.05) is 37.6 Å². The van der Waals surface area contributed by atoms with Crippen LogP contribution in [0, 0.1) is 12.8 Å². The second-order valence-corrected chi connectivity index (χ2v) is 7.11. The van der Waals surface area contributed by atoms with E-state index in [9.17, 15) is 13.5 Å². The van der Waals surface area contributed by atoms with E-state index < -0.39 is 22.2 Å². The molecule has 2 N–H and O–H groups in total. The van der Waals surface area contributed by atoms with Crippen molar-refractivity contribution in [2.45, 2.75) is 44.2 Å². The van der Waals surface area contributed by atoms with Crippen molar-refractivity contribution in [1.29, 1.82) is 0 Å². The Hall–Kier alpha value is -1.17. The first-order valence-electron chi connectivity index (χ1n) is 6.66. The van der Waals surface area contributed by atoms with Crippen LogP contribution in [-0.2, 0) is 10.0 Å². The summed E-state index contributed by atoms with van der Waals surface area (Å²) < 4.78 is 27.2. The molecule has 0 aliphatic heterocycles. The van der Waals surface area contributed by atoms with Gasteiger partial charge in [0.15, 0.2) is 0 Å². The van der Waals surface area contributed by atoms with Crippen LogP contribution in [0.2, 0.25) is 0 Å². The standard InChI is InChI=1S/C15H23NO3S/c1-5-15(17)14(10-11(2)3)16-20(18,19)13-8-6-12(4)7-9-13/h5-9,11,14-17H,1,10H2,2-4H3/t14-,15+/m0/s1. The molecule has 0 aliphatic carbocycles. The SMILES string of the molecule is C=C[C@@H](O)[C@H](CC(C)C)NS(=O)(=O)c1ccc(C)cc1. The number of nitrogens with one attached hydrogen (secondary N) is 1. The smallest absolute Gasteiger partial charge is 0.240 e. The summed E-state index contributed by atoms with van der Waals surface area (Å²) >= 11 is 0. The maximum atomic E-state index is 12.3. The van der Waals surface area contributed by atoms with Crippen molar-refractivity contribution in [2.24, 2.45) is 5.92 Å². The molecular weight excluding hydrogens is 274 g/mol.